The van der Waals surface area contributed by atoms with Crippen LogP contribution in [0, 0.1) is 5.92 Å². The van der Waals surface area contributed by atoms with Gasteiger partial charge in [-0.2, -0.15) is 0 Å². The first-order valence-electron chi connectivity index (χ1n) is 12.6. The fourth-order valence-electron chi connectivity index (χ4n) is 2.89. The molecule has 0 atom stereocenters. The summed E-state index contributed by atoms with van der Waals surface area (Å²) in [6.07, 6.45) is 12.2. The monoisotopic (exact) mass is 446 g/mol. The van der Waals surface area contributed by atoms with Crippen molar-refractivity contribution in [2.24, 2.45) is 5.92 Å². The molecule has 0 rings (SSSR count). The van der Waals surface area contributed by atoms with Crippen LogP contribution in [-0.4, -0.2) is 65.4 Å². The molecule has 0 spiro atoms. The van der Waals surface area contributed by atoms with E-state index in [1.165, 1.54) is 38.5 Å². The molecule has 0 N–H and O–H groups in total. The quantitative estimate of drug-likeness (QED) is 0.135. The normalized spacial score (nSPS) is 11.4. The fraction of sp³-hybridized carbons (Fsp3) is 0.960. The summed E-state index contributed by atoms with van der Waals surface area (Å²) in [4.78, 5) is 11.7. The van der Waals surface area contributed by atoms with Gasteiger partial charge in [-0.1, -0.05) is 65.7 Å². The van der Waals surface area contributed by atoms with Crippen molar-refractivity contribution < 1.29 is 28.5 Å². The van der Waals surface area contributed by atoms with Crippen LogP contribution in [0.4, 0.5) is 0 Å². The minimum Gasteiger partial charge on any atom is -0.466 e. The fourth-order valence-corrected chi connectivity index (χ4v) is 2.89. The number of hydrogen-bond donors (Lipinski definition) is 0. The Labute approximate surface area is 191 Å². The predicted molar refractivity (Wildman–Crippen MR) is 126 cm³/mol. The summed E-state index contributed by atoms with van der Waals surface area (Å²) >= 11 is 0. The first kappa shape index (κ1) is 30.3. The van der Waals surface area contributed by atoms with Crippen molar-refractivity contribution >= 4 is 5.97 Å². The molecule has 0 radical (unpaired) electrons. The van der Waals surface area contributed by atoms with Crippen molar-refractivity contribution in [2.75, 3.05) is 59.5 Å². The number of rotatable bonds is 25. The molecular formula is C25H50O6. The third-order valence-electron chi connectivity index (χ3n) is 4.89. The van der Waals surface area contributed by atoms with Crippen LogP contribution in [0.2, 0.25) is 0 Å². The zero-order valence-corrected chi connectivity index (χ0v) is 20.7. The van der Waals surface area contributed by atoms with Crippen LogP contribution in [-0.2, 0) is 28.5 Å². The highest BCUT2D eigenvalue weighted by molar-refractivity contribution is 5.69. The van der Waals surface area contributed by atoms with Crippen LogP contribution in [0.15, 0.2) is 0 Å². The lowest BCUT2D eigenvalue weighted by atomic mass is 10.1. The summed E-state index contributed by atoms with van der Waals surface area (Å²) in [5, 5.41) is 0. The molecule has 31 heavy (non-hydrogen) atoms. The van der Waals surface area contributed by atoms with Gasteiger partial charge in [-0.25, -0.2) is 0 Å². The Morgan fingerprint density at radius 3 is 1.61 bits per heavy atom. The second kappa shape index (κ2) is 25.6. The van der Waals surface area contributed by atoms with Crippen molar-refractivity contribution in [3.8, 4) is 0 Å². The lowest BCUT2D eigenvalue weighted by Gasteiger charge is -2.08. The highest BCUT2D eigenvalue weighted by atomic mass is 16.6. The summed E-state index contributed by atoms with van der Waals surface area (Å²) in [6, 6.07) is 0. The van der Waals surface area contributed by atoms with E-state index in [4.69, 9.17) is 23.7 Å². The van der Waals surface area contributed by atoms with Gasteiger partial charge in [0.25, 0.3) is 0 Å². The van der Waals surface area contributed by atoms with E-state index < -0.39 is 0 Å². The molecule has 0 aliphatic carbocycles. The zero-order chi connectivity index (χ0) is 22.8. The Morgan fingerprint density at radius 2 is 1.06 bits per heavy atom. The third-order valence-corrected chi connectivity index (χ3v) is 4.89. The van der Waals surface area contributed by atoms with E-state index in [9.17, 15) is 4.79 Å². The smallest absolute Gasteiger partial charge is 0.305 e. The van der Waals surface area contributed by atoms with Gasteiger partial charge in [-0.05, 0) is 25.2 Å². The Morgan fingerprint density at radius 1 is 0.581 bits per heavy atom. The molecule has 0 aliphatic rings. The summed E-state index contributed by atoms with van der Waals surface area (Å²) in [5.41, 5.74) is 0. The van der Waals surface area contributed by atoms with Gasteiger partial charge in [0.1, 0.15) is 0 Å². The van der Waals surface area contributed by atoms with E-state index in [1.807, 2.05) is 0 Å². The minimum atomic E-state index is -0.117. The van der Waals surface area contributed by atoms with Crippen molar-refractivity contribution in [3.63, 3.8) is 0 Å². The van der Waals surface area contributed by atoms with Gasteiger partial charge >= 0.3 is 5.97 Å². The predicted octanol–water partition coefficient (Wildman–Crippen LogP) is 5.56. The average Bonchev–Trinajstić information content (AvgIpc) is 2.75. The maximum atomic E-state index is 11.7. The zero-order valence-electron chi connectivity index (χ0n) is 20.7. The van der Waals surface area contributed by atoms with Crippen LogP contribution >= 0.6 is 0 Å². The molecule has 0 amide bonds. The lowest BCUT2D eigenvalue weighted by Crippen LogP contribution is -2.13. The van der Waals surface area contributed by atoms with E-state index in [2.05, 4.69) is 20.8 Å². The Kier molecular flexibility index (Phi) is 25.0. The van der Waals surface area contributed by atoms with Gasteiger partial charge in [0, 0.05) is 19.6 Å². The second-order valence-electron chi connectivity index (χ2n) is 8.43. The van der Waals surface area contributed by atoms with Crippen molar-refractivity contribution in [2.45, 2.75) is 91.4 Å². The van der Waals surface area contributed by atoms with E-state index in [1.54, 1.807) is 0 Å². The summed E-state index contributed by atoms with van der Waals surface area (Å²) < 4.78 is 27.1. The molecule has 0 aromatic carbocycles. The maximum Gasteiger partial charge on any atom is 0.305 e. The molecule has 6 heteroatoms. The third kappa shape index (κ3) is 27.3. The van der Waals surface area contributed by atoms with Crippen molar-refractivity contribution in [1.82, 2.24) is 0 Å². The molecule has 0 bridgehead atoms. The molecule has 0 fully saturated rings. The van der Waals surface area contributed by atoms with E-state index in [0.717, 1.165) is 25.9 Å². The number of esters is 1. The summed E-state index contributed by atoms with van der Waals surface area (Å²) in [6.45, 7) is 12.0. The topological polar surface area (TPSA) is 63.2 Å². The van der Waals surface area contributed by atoms with Crippen molar-refractivity contribution in [1.29, 1.82) is 0 Å². The van der Waals surface area contributed by atoms with Gasteiger partial charge in [0.05, 0.1) is 46.2 Å². The summed E-state index contributed by atoms with van der Waals surface area (Å²) in [5.74, 6) is 0.558. The van der Waals surface area contributed by atoms with Crippen LogP contribution in [0.25, 0.3) is 0 Å². The molecule has 0 aromatic heterocycles. The number of hydrogen-bond acceptors (Lipinski definition) is 6. The molecule has 0 unspecified atom stereocenters. The molecule has 0 saturated carbocycles. The molecular weight excluding hydrogens is 396 g/mol. The van der Waals surface area contributed by atoms with E-state index in [0.29, 0.717) is 71.6 Å². The average molecular weight is 447 g/mol. The van der Waals surface area contributed by atoms with Crippen LogP contribution < -0.4 is 0 Å². The Hall–Kier alpha value is -0.690. The Bertz CT molecular complexity index is 362. The number of unbranched alkanes of at least 4 members (excludes halogenated alkanes) is 7. The molecule has 0 aliphatic heterocycles. The van der Waals surface area contributed by atoms with Crippen LogP contribution in [0.3, 0.4) is 0 Å². The molecule has 0 saturated heterocycles. The second-order valence-corrected chi connectivity index (χ2v) is 8.43. The van der Waals surface area contributed by atoms with Gasteiger partial charge < -0.3 is 23.7 Å². The standard InChI is InChI=1S/C25H50O6/c1-4-5-6-7-8-9-10-11-16-31-25(26)13-12-15-27-18-20-29-22-23-30-21-19-28-17-14-24(2)3/h24H,4-23H2,1-3H3. The SMILES string of the molecule is CCCCCCCCCCOC(=O)CCCOCCOCCOCCOCCC(C)C. The summed E-state index contributed by atoms with van der Waals surface area (Å²) in [7, 11) is 0. The first-order chi connectivity index (χ1) is 15.2. The Balaban J connectivity index is 3.14. The molecule has 186 valence electrons. The lowest BCUT2D eigenvalue weighted by molar-refractivity contribution is -0.144. The van der Waals surface area contributed by atoms with Gasteiger partial charge in [0.15, 0.2) is 0 Å². The van der Waals surface area contributed by atoms with Crippen molar-refractivity contribution in [3.05, 3.63) is 0 Å². The number of carbonyl (C=O) groups excluding carboxylic acids is 1. The largest absolute Gasteiger partial charge is 0.466 e. The highest BCUT2D eigenvalue weighted by Crippen LogP contribution is 2.08. The van der Waals surface area contributed by atoms with Gasteiger partial charge in [-0.3, -0.25) is 4.79 Å². The maximum absolute atomic E-state index is 11.7. The minimum absolute atomic E-state index is 0.117. The molecule has 0 aromatic rings. The number of ether oxygens (including phenoxy) is 5. The van der Waals surface area contributed by atoms with Gasteiger partial charge in [-0.15, -0.1) is 0 Å². The molecule has 6 nitrogen and oxygen atoms in total. The highest BCUT2D eigenvalue weighted by Gasteiger charge is 2.02. The van der Waals surface area contributed by atoms with Crippen LogP contribution in [0.5, 0.6) is 0 Å². The van der Waals surface area contributed by atoms with E-state index in [-0.39, 0.29) is 5.97 Å². The first-order valence-corrected chi connectivity index (χ1v) is 12.6. The molecule has 0 heterocycles. The van der Waals surface area contributed by atoms with Crippen LogP contribution in [0.1, 0.15) is 91.4 Å². The number of carbonyl (C=O) groups is 1. The van der Waals surface area contributed by atoms with E-state index >= 15 is 0 Å². The van der Waals surface area contributed by atoms with Gasteiger partial charge in [0.2, 0.25) is 0 Å².